The Balaban J connectivity index is 2.59. The SMILES string of the molecule is Cc1c(S(C)(=O)=O)cc2c3c(cc(S(C)(=O)=O)cc13)C(=O)C(C(=O)NN)C2=O. The minimum absolute atomic E-state index is 0.119. The first kappa shape index (κ1) is 20.1. The van der Waals surface area contributed by atoms with Gasteiger partial charge in [0.15, 0.2) is 37.2 Å². The predicted octanol–water partition coefficient (Wildman–Crippen LogP) is -0.0597. The van der Waals surface area contributed by atoms with Crippen molar-refractivity contribution in [2.45, 2.75) is 16.7 Å². The molecule has 3 N–H and O–H groups in total. The van der Waals surface area contributed by atoms with E-state index in [0.717, 1.165) is 24.6 Å². The van der Waals surface area contributed by atoms with Gasteiger partial charge in [0.1, 0.15) is 0 Å². The van der Waals surface area contributed by atoms with Gasteiger partial charge >= 0.3 is 0 Å². The van der Waals surface area contributed by atoms with Gasteiger partial charge in [-0.1, -0.05) is 0 Å². The van der Waals surface area contributed by atoms with Crippen molar-refractivity contribution in [3.8, 4) is 0 Å². The van der Waals surface area contributed by atoms with Crippen LogP contribution in [0.4, 0.5) is 0 Å². The summed E-state index contributed by atoms with van der Waals surface area (Å²) in [6, 6.07) is 3.43. The highest BCUT2D eigenvalue weighted by molar-refractivity contribution is 7.91. The minimum Gasteiger partial charge on any atom is -0.293 e. The molecule has 1 atom stereocenters. The molecule has 11 heteroatoms. The minimum atomic E-state index is -3.79. The molecule has 0 radical (unpaired) electrons. The van der Waals surface area contributed by atoms with Crippen molar-refractivity contribution in [1.29, 1.82) is 0 Å². The normalized spacial score (nSPS) is 17.1. The number of nitrogens with one attached hydrogen (secondary N) is 1. The van der Waals surface area contributed by atoms with Crippen molar-refractivity contribution in [2.75, 3.05) is 12.5 Å². The summed E-state index contributed by atoms with van der Waals surface area (Å²) in [4.78, 5) is 37.3. The molecule has 0 fully saturated rings. The van der Waals surface area contributed by atoms with Crippen molar-refractivity contribution in [1.82, 2.24) is 5.43 Å². The topological polar surface area (TPSA) is 158 Å². The Morgan fingerprint density at radius 1 is 0.964 bits per heavy atom. The van der Waals surface area contributed by atoms with Gasteiger partial charge in [0.05, 0.1) is 9.79 Å². The van der Waals surface area contributed by atoms with E-state index in [1.807, 2.05) is 0 Å². The summed E-state index contributed by atoms with van der Waals surface area (Å²) < 4.78 is 48.6. The Morgan fingerprint density at radius 3 is 1.96 bits per heavy atom. The second-order valence-electron chi connectivity index (χ2n) is 6.66. The third-order valence-electron chi connectivity index (χ3n) is 4.72. The molecule has 2 aromatic carbocycles. The summed E-state index contributed by atoms with van der Waals surface area (Å²) in [6.45, 7) is 1.46. The van der Waals surface area contributed by atoms with E-state index in [1.54, 1.807) is 5.43 Å². The molecule has 0 spiro atoms. The fourth-order valence-corrected chi connectivity index (χ4v) is 5.05. The zero-order valence-corrected chi connectivity index (χ0v) is 16.7. The number of nitrogens with two attached hydrogens (primary N) is 1. The average molecular weight is 424 g/mol. The molecule has 0 saturated heterocycles. The highest BCUT2D eigenvalue weighted by Gasteiger charge is 2.42. The molecule has 0 aromatic heterocycles. The van der Waals surface area contributed by atoms with Gasteiger partial charge in [-0.25, -0.2) is 22.7 Å². The van der Waals surface area contributed by atoms with Crippen LogP contribution in [0.2, 0.25) is 0 Å². The number of Topliss-reactive ketones (excluding diaryl/α,β-unsaturated/α-hetero) is 2. The maximum atomic E-state index is 12.8. The standard InChI is InChI=1S/C17H16N2O7S2/c1-7-9-4-8(27(2,23)24)5-10-13(9)11(6-12(7)28(3,25)26)16(21)14(15(10)20)17(22)19-18/h4-6,14H,18H2,1-3H3,(H,19,22). The third-order valence-corrected chi connectivity index (χ3v) is 7.03. The van der Waals surface area contributed by atoms with Gasteiger partial charge in [-0.2, -0.15) is 0 Å². The molecule has 28 heavy (non-hydrogen) atoms. The van der Waals surface area contributed by atoms with Crippen LogP contribution in [0.3, 0.4) is 0 Å². The molecule has 0 bridgehead atoms. The highest BCUT2D eigenvalue weighted by Crippen LogP contribution is 2.38. The van der Waals surface area contributed by atoms with Gasteiger partial charge in [-0.3, -0.25) is 19.8 Å². The number of hydrogen-bond acceptors (Lipinski definition) is 8. The van der Waals surface area contributed by atoms with E-state index in [0.29, 0.717) is 0 Å². The van der Waals surface area contributed by atoms with E-state index in [-0.39, 0.29) is 37.3 Å². The smallest absolute Gasteiger partial charge is 0.252 e. The first-order valence-electron chi connectivity index (χ1n) is 7.89. The molecule has 3 rings (SSSR count). The van der Waals surface area contributed by atoms with Crippen molar-refractivity contribution >= 4 is 47.9 Å². The average Bonchev–Trinajstić information content (AvgIpc) is 2.58. The molecule has 9 nitrogen and oxygen atoms in total. The lowest BCUT2D eigenvalue weighted by Gasteiger charge is -2.24. The van der Waals surface area contributed by atoms with Crippen molar-refractivity contribution in [3.05, 3.63) is 34.9 Å². The first-order valence-corrected chi connectivity index (χ1v) is 11.7. The van der Waals surface area contributed by atoms with Crippen LogP contribution in [0.25, 0.3) is 10.8 Å². The Bertz CT molecular complexity index is 1290. The lowest BCUT2D eigenvalue weighted by atomic mass is 9.79. The molecule has 1 aliphatic carbocycles. The summed E-state index contributed by atoms with van der Waals surface area (Å²) in [5.41, 5.74) is 1.65. The molecule has 148 valence electrons. The lowest BCUT2D eigenvalue weighted by molar-refractivity contribution is -0.122. The molecule has 0 aliphatic heterocycles. The van der Waals surface area contributed by atoms with E-state index in [1.165, 1.54) is 13.0 Å². The molecule has 2 aromatic rings. The molecular formula is C17H16N2O7S2. The van der Waals surface area contributed by atoms with Crippen LogP contribution >= 0.6 is 0 Å². The highest BCUT2D eigenvalue weighted by atomic mass is 32.2. The number of ketones is 2. The van der Waals surface area contributed by atoms with Crippen LogP contribution < -0.4 is 11.3 Å². The van der Waals surface area contributed by atoms with E-state index in [9.17, 15) is 31.2 Å². The number of rotatable bonds is 3. The Hall–Kier alpha value is -2.63. The van der Waals surface area contributed by atoms with Crippen LogP contribution in [0.5, 0.6) is 0 Å². The second kappa shape index (κ2) is 6.19. The van der Waals surface area contributed by atoms with Gasteiger partial charge in [0, 0.05) is 29.0 Å². The molecule has 0 heterocycles. The third kappa shape index (κ3) is 2.91. The molecule has 0 saturated carbocycles. The van der Waals surface area contributed by atoms with Gasteiger partial charge in [0.2, 0.25) is 0 Å². The number of benzene rings is 2. The van der Waals surface area contributed by atoms with Crippen LogP contribution in [-0.4, -0.2) is 46.8 Å². The monoisotopic (exact) mass is 424 g/mol. The summed E-state index contributed by atoms with van der Waals surface area (Å²) in [5.74, 6) is 0.373. The lowest BCUT2D eigenvalue weighted by Crippen LogP contribution is -2.45. The molecule has 1 aliphatic rings. The number of amides is 1. The Morgan fingerprint density at radius 2 is 1.50 bits per heavy atom. The summed E-state index contributed by atoms with van der Waals surface area (Å²) >= 11 is 0. The van der Waals surface area contributed by atoms with Gasteiger partial charge in [0.25, 0.3) is 5.91 Å². The quantitative estimate of drug-likeness (QED) is 0.300. The summed E-state index contributed by atoms with van der Waals surface area (Å²) in [7, 11) is -7.56. The van der Waals surface area contributed by atoms with E-state index < -0.39 is 43.1 Å². The largest absolute Gasteiger partial charge is 0.293 e. The second-order valence-corrected chi connectivity index (χ2v) is 10.7. The van der Waals surface area contributed by atoms with Crippen molar-refractivity contribution in [3.63, 3.8) is 0 Å². The van der Waals surface area contributed by atoms with Gasteiger partial charge < -0.3 is 0 Å². The zero-order valence-electron chi connectivity index (χ0n) is 15.1. The number of hydrogen-bond donors (Lipinski definition) is 2. The zero-order chi connectivity index (χ0) is 21.2. The first-order chi connectivity index (χ1) is 12.8. The fraction of sp³-hybridized carbons (Fsp3) is 0.235. The molecular weight excluding hydrogens is 408 g/mol. The van der Waals surface area contributed by atoms with Crippen LogP contribution in [0, 0.1) is 12.8 Å². The summed E-state index contributed by atoms with van der Waals surface area (Å²) in [5, 5.41) is 0.262. The Labute approximate surface area is 160 Å². The number of carbonyl (C=O) groups excluding carboxylic acids is 3. The number of carbonyl (C=O) groups is 3. The maximum absolute atomic E-state index is 12.8. The van der Waals surface area contributed by atoms with Gasteiger partial charge in [-0.05, 0) is 36.1 Å². The number of aryl methyl sites for hydroxylation is 1. The van der Waals surface area contributed by atoms with Crippen LogP contribution in [-0.2, 0) is 24.5 Å². The predicted molar refractivity (Wildman–Crippen MR) is 99.4 cm³/mol. The molecule has 1 unspecified atom stereocenters. The van der Waals surface area contributed by atoms with Crippen molar-refractivity contribution in [2.24, 2.45) is 11.8 Å². The van der Waals surface area contributed by atoms with Crippen LogP contribution in [0.1, 0.15) is 26.3 Å². The van der Waals surface area contributed by atoms with Crippen molar-refractivity contribution < 1.29 is 31.2 Å². The molecule has 1 amide bonds. The summed E-state index contributed by atoms with van der Waals surface area (Å²) in [6.07, 6.45) is 1.87. The number of sulfone groups is 2. The van der Waals surface area contributed by atoms with E-state index in [4.69, 9.17) is 5.84 Å². The maximum Gasteiger partial charge on any atom is 0.252 e. The fourth-order valence-electron chi connectivity index (χ4n) is 3.39. The Kier molecular flexibility index (Phi) is 4.45. The van der Waals surface area contributed by atoms with E-state index >= 15 is 0 Å². The number of hydrazine groups is 1. The van der Waals surface area contributed by atoms with Gasteiger partial charge in [-0.15, -0.1) is 0 Å². The van der Waals surface area contributed by atoms with E-state index in [2.05, 4.69) is 0 Å². The van der Waals surface area contributed by atoms with Crippen LogP contribution in [0.15, 0.2) is 28.0 Å².